The van der Waals surface area contributed by atoms with Gasteiger partial charge in [0.05, 0.1) is 11.6 Å². The van der Waals surface area contributed by atoms with E-state index in [1.165, 1.54) is 4.90 Å². The molecule has 0 aromatic heterocycles. The number of hydrogen-bond acceptors (Lipinski definition) is 4. The summed E-state index contributed by atoms with van der Waals surface area (Å²) < 4.78 is 5.34. The Morgan fingerprint density at radius 1 is 1.29 bits per heavy atom. The van der Waals surface area contributed by atoms with Crippen molar-refractivity contribution < 1.29 is 24.2 Å². The van der Waals surface area contributed by atoms with Crippen molar-refractivity contribution in [2.24, 2.45) is 0 Å². The first kappa shape index (κ1) is 18.5. The van der Waals surface area contributed by atoms with E-state index in [1.807, 2.05) is 0 Å². The van der Waals surface area contributed by atoms with Crippen LogP contribution in [0.3, 0.4) is 0 Å². The number of carboxylic acid groups (broad SMARTS) is 1. The van der Waals surface area contributed by atoms with Gasteiger partial charge in [-0.2, -0.15) is 0 Å². The average Bonchev–Trinajstić information content (AvgIpc) is 2.74. The summed E-state index contributed by atoms with van der Waals surface area (Å²) in [5.41, 5.74) is -1.21. The molecule has 2 unspecified atom stereocenters. The number of carboxylic acids is 1. The maximum atomic E-state index is 12.5. The highest BCUT2D eigenvalue weighted by Gasteiger charge is 2.51. The van der Waals surface area contributed by atoms with Gasteiger partial charge in [-0.05, 0) is 52.9 Å². The average molecular weight is 340 g/mol. The Kier molecular flexibility index (Phi) is 5.40. The maximum Gasteiger partial charge on any atom is 0.407 e. The van der Waals surface area contributed by atoms with E-state index in [2.05, 4.69) is 5.32 Å². The Hall–Kier alpha value is -1.79. The van der Waals surface area contributed by atoms with E-state index in [1.54, 1.807) is 20.8 Å². The lowest BCUT2D eigenvalue weighted by Crippen LogP contribution is -2.61. The van der Waals surface area contributed by atoms with E-state index in [4.69, 9.17) is 4.74 Å². The molecule has 2 aliphatic rings. The van der Waals surface area contributed by atoms with Crippen LogP contribution in [0.4, 0.5) is 4.79 Å². The molecule has 1 saturated heterocycles. The lowest BCUT2D eigenvalue weighted by atomic mass is 9.86. The van der Waals surface area contributed by atoms with Crippen molar-refractivity contribution in [1.82, 2.24) is 10.2 Å². The number of hydrogen-bond donors (Lipinski definition) is 2. The van der Waals surface area contributed by atoms with Crippen molar-refractivity contribution in [3.05, 3.63) is 0 Å². The van der Waals surface area contributed by atoms with Gasteiger partial charge in [-0.15, -0.1) is 0 Å². The van der Waals surface area contributed by atoms with Crippen LogP contribution in [0.2, 0.25) is 0 Å². The summed E-state index contributed by atoms with van der Waals surface area (Å²) in [4.78, 5) is 37.4. The van der Waals surface area contributed by atoms with Crippen molar-refractivity contribution in [2.75, 3.05) is 6.54 Å². The van der Waals surface area contributed by atoms with Crippen molar-refractivity contribution in [2.45, 2.75) is 82.9 Å². The van der Waals surface area contributed by atoms with Crippen LogP contribution in [-0.4, -0.2) is 51.7 Å². The van der Waals surface area contributed by atoms with Gasteiger partial charge in [-0.3, -0.25) is 9.59 Å². The summed E-state index contributed by atoms with van der Waals surface area (Å²) in [6.45, 7) is 5.07. The SMILES string of the molecule is CC(C)(C)OC(=O)NC1CCCC12CCCCC(=O)N2CC(=O)O. The van der Waals surface area contributed by atoms with Crippen LogP contribution in [-0.2, 0) is 14.3 Å². The van der Waals surface area contributed by atoms with Gasteiger partial charge in [0, 0.05) is 6.42 Å². The number of rotatable bonds is 3. The van der Waals surface area contributed by atoms with Crippen LogP contribution < -0.4 is 5.32 Å². The molecule has 1 saturated carbocycles. The van der Waals surface area contributed by atoms with E-state index in [0.717, 1.165) is 25.7 Å². The second-order valence-corrected chi connectivity index (χ2v) is 7.78. The Labute approximate surface area is 142 Å². The molecule has 0 aromatic carbocycles. The molecule has 1 aliphatic heterocycles. The first-order valence-electron chi connectivity index (χ1n) is 8.66. The van der Waals surface area contributed by atoms with Gasteiger partial charge in [0.1, 0.15) is 12.1 Å². The van der Waals surface area contributed by atoms with Crippen LogP contribution in [0, 0.1) is 0 Å². The molecule has 2 atom stereocenters. The number of carbonyl (C=O) groups is 3. The van der Waals surface area contributed by atoms with Crippen LogP contribution in [0.5, 0.6) is 0 Å². The quantitative estimate of drug-likeness (QED) is 0.822. The van der Waals surface area contributed by atoms with Crippen LogP contribution in [0.25, 0.3) is 0 Å². The van der Waals surface area contributed by atoms with E-state index < -0.39 is 23.2 Å². The molecule has 0 radical (unpaired) electrons. The minimum Gasteiger partial charge on any atom is -0.480 e. The number of likely N-dealkylation sites (tertiary alicyclic amines) is 1. The molecular formula is C17H28N2O5. The van der Waals surface area contributed by atoms with Gasteiger partial charge in [0.2, 0.25) is 5.91 Å². The topological polar surface area (TPSA) is 95.9 Å². The van der Waals surface area contributed by atoms with Crippen molar-refractivity contribution >= 4 is 18.0 Å². The highest BCUT2D eigenvalue weighted by Crippen LogP contribution is 2.42. The molecule has 24 heavy (non-hydrogen) atoms. The fourth-order valence-corrected chi connectivity index (χ4v) is 3.94. The molecule has 2 rings (SSSR count). The van der Waals surface area contributed by atoms with Gasteiger partial charge >= 0.3 is 12.1 Å². The second kappa shape index (κ2) is 6.99. The van der Waals surface area contributed by atoms with Gasteiger partial charge < -0.3 is 20.1 Å². The molecule has 2 amide bonds. The number of aliphatic carboxylic acids is 1. The maximum absolute atomic E-state index is 12.5. The highest BCUT2D eigenvalue weighted by atomic mass is 16.6. The minimum absolute atomic E-state index is 0.132. The number of nitrogens with zero attached hydrogens (tertiary/aromatic N) is 1. The highest BCUT2D eigenvalue weighted by molar-refractivity contribution is 5.82. The van der Waals surface area contributed by atoms with Crippen LogP contribution >= 0.6 is 0 Å². The van der Waals surface area contributed by atoms with E-state index in [9.17, 15) is 19.5 Å². The number of alkyl carbamates (subject to hydrolysis) is 1. The molecule has 1 spiro atoms. The zero-order chi connectivity index (χ0) is 18.0. The summed E-state index contributed by atoms with van der Waals surface area (Å²) in [6, 6.07) is -0.270. The Morgan fingerprint density at radius 2 is 1.96 bits per heavy atom. The lowest BCUT2D eigenvalue weighted by molar-refractivity contribution is -0.149. The van der Waals surface area contributed by atoms with Gasteiger partial charge in [0.25, 0.3) is 0 Å². The molecule has 0 bridgehead atoms. The van der Waals surface area contributed by atoms with Crippen LogP contribution in [0.1, 0.15) is 65.7 Å². The smallest absolute Gasteiger partial charge is 0.407 e. The monoisotopic (exact) mass is 340 g/mol. The number of ether oxygens (including phenoxy) is 1. The molecular weight excluding hydrogens is 312 g/mol. The molecule has 1 aliphatic carbocycles. The van der Waals surface area contributed by atoms with E-state index >= 15 is 0 Å². The fourth-order valence-electron chi connectivity index (χ4n) is 3.94. The van der Waals surface area contributed by atoms with Crippen LogP contribution in [0.15, 0.2) is 0 Å². The molecule has 2 N–H and O–H groups in total. The van der Waals surface area contributed by atoms with Gasteiger partial charge in [0.15, 0.2) is 0 Å². The predicted octanol–water partition coefficient (Wildman–Crippen LogP) is 2.29. The standard InChI is InChI=1S/C17H28N2O5/c1-16(2,3)24-15(23)18-12-7-6-10-17(12)9-5-4-8-13(20)19(17)11-14(21)22/h12H,4-11H2,1-3H3,(H,18,23)(H,21,22). The first-order valence-corrected chi connectivity index (χ1v) is 8.66. The molecule has 7 nitrogen and oxygen atoms in total. The third kappa shape index (κ3) is 4.19. The molecule has 0 aromatic rings. The zero-order valence-corrected chi connectivity index (χ0v) is 14.8. The minimum atomic E-state index is -1.02. The zero-order valence-electron chi connectivity index (χ0n) is 14.8. The van der Waals surface area contributed by atoms with Gasteiger partial charge in [-0.25, -0.2) is 4.79 Å². The van der Waals surface area contributed by atoms with Crippen molar-refractivity contribution in [3.63, 3.8) is 0 Å². The first-order chi connectivity index (χ1) is 11.1. The number of carbonyl (C=O) groups excluding carboxylic acids is 2. The van der Waals surface area contributed by atoms with Crippen molar-refractivity contribution in [1.29, 1.82) is 0 Å². The number of nitrogens with one attached hydrogen (secondary N) is 1. The second-order valence-electron chi connectivity index (χ2n) is 7.78. The predicted molar refractivity (Wildman–Crippen MR) is 87.6 cm³/mol. The van der Waals surface area contributed by atoms with E-state index in [0.29, 0.717) is 19.3 Å². The lowest BCUT2D eigenvalue weighted by Gasteiger charge is -2.44. The van der Waals surface area contributed by atoms with Crippen molar-refractivity contribution in [3.8, 4) is 0 Å². The summed E-state index contributed by atoms with van der Waals surface area (Å²) in [5.74, 6) is -1.15. The Morgan fingerprint density at radius 3 is 2.58 bits per heavy atom. The Balaban J connectivity index is 2.23. The third-order valence-electron chi connectivity index (χ3n) is 4.82. The Bertz CT molecular complexity index is 514. The summed E-state index contributed by atoms with van der Waals surface area (Å²) in [5, 5.41) is 12.1. The van der Waals surface area contributed by atoms with E-state index in [-0.39, 0.29) is 18.5 Å². The molecule has 2 fully saturated rings. The third-order valence-corrected chi connectivity index (χ3v) is 4.82. The molecule has 1 heterocycles. The largest absolute Gasteiger partial charge is 0.480 e. The molecule has 136 valence electrons. The normalized spacial score (nSPS) is 27.9. The summed E-state index contributed by atoms with van der Waals surface area (Å²) in [6.07, 6.45) is 4.48. The molecule has 7 heteroatoms. The summed E-state index contributed by atoms with van der Waals surface area (Å²) >= 11 is 0. The number of amides is 2. The summed E-state index contributed by atoms with van der Waals surface area (Å²) in [7, 11) is 0. The fraction of sp³-hybridized carbons (Fsp3) is 0.824. The van der Waals surface area contributed by atoms with Gasteiger partial charge in [-0.1, -0.05) is 6.42 Å².